The third-order valence-electron chi connectivity index (χ3n) is 8.48. The molecule has 0 radical (unpaired) electrons. The van der Waals surface area contributed by atoms with E-state index in [9.17, 15) is 0 Å². The lowest BCUT2D eigenvalue weighted by Crippen LogP contribution is -2.48. The van der Waals surface area contributed by atoms with Gasteiger partial charge in [-0.05, 0) is 38.8 Å². The Hall–Kier alpha value is -2.47. The predicted octanol–water partition coefficient (Wildman–Crippen LogP) is 8.96. The van der Waals surface area contributed by atoms with E-state index in [2.05, 4.69) is 145 Å². The Morgan fingerprint density at radius 2 is 1.21 bits per heavy atom. The zero-order valence-electron chi connectivity index (χ0n) is 25.8. The molecule has 2 aromatic carbocycles. The first-order chi connectivity index (χ1) is 18.4. The van der Waals surface area contributed by atoms with E-state index in [-0.39, 0.29) is 6.10 Å². The van der Waals surface area contributed by atoms with Crippen molar-refractivity contribution >= 4 is 16.4 Å². The molecule has 39 heavy (non-hydrogen) atoms. The molecule has 0 saturated carbocycles. The van der Waals surface area contributed by atoms with Gasteiger partial charge in [0.25, 0.3) is 8.32 Å². The molecule has 0 spiro atoms. The molecule has 0 saturated heterocycles. The third-order valence-corrected chi connectivity index (χ3v) is 19.6. The van der Waals surface area contributed by atoms with Gasteiger partial charge in [-0.2, -0.15) is 0 Å². The Kier molecular flexibility index (Phi) is 10.6. The minimum atomic E-state index is -2.59. The van der Waals surface area contributed by atoms with Gasteiger partial charge in [-0.1, -0.05) is 135 Å². The van der Waals surface area contributed by atoms with Crippen molar-refractivity contribution in [1.82, 2.24) is 15.0 Å². The van der Waals surface area contributed by atoms with E-state index in [1.54, 1.807) is 0 Å². The van der Waals surface area contributed by atoms with Crippen LogP contribution in [0.2, 0.25) is 27.7 Å². The number of aromatic nitrogens is 3. The minimum Gasteiger partial charge on any atom is -0.392 e. The molecule has 0 aliphatic rings. The maximum absolute atomic E-state index is 7.40. The fraction of sp³-hybridized carbons (Fsp3) is 0.515. The van der Waals surface area contributed by atoms with Gasteiger partial charge >= 0.3 is 0 Å². The maximum atomic E-state index is 7.40. The van der Waals surface area contributed by atoms with Gasteiger partial charge < -0.3 is 4.43 Å². The second kappa shape index (κ2) is 13.3. The van der Waals surface area contributed by atoms with Crippen molar-refractivity contribution < 1.29 is 4.43 Å². The molecule has 3 aromatic rings. The molecule has 6 heteroatoms. The number of nitrogens with zero attached hydrogens (tertiary/aromatic N) is 3. The van der Waals surface area contributed by atoms with Crippen LogP contribution in [0.15, 0.2) is 66.9 Å². The Balaban J connectivity index is 2.12. The molecule has 3 rings (SSSR count). The second-order valence-corrected chi connectivity index (χ2v) is 22.4. The van der Waals surface area contributed by atoms with Crippen molar-refractivity contribution in [2.75, 3.05) is 0 Å². The summed E-state index contributed by atoms with van der Waals surface area (Å²) in [7, 11) is -4.51. The van der Waals surface area contributed by atoms with E-state index < -0.39 is 16.4 Å². The Morgan fingerprint density at radius 1 is 0.692 bits per heavy atom. The first-order valence-electron chi connectivity index (χ1n) is 14.6. The second-order valence-electron chi connectivity index (χ2n) is 12.5. The smallest absolute Gasteiger partial charge is 0.277 e. The van der Waals surface area contributed by atoms with Crippen molar-refractivity contribution in [1.29, 1.82) is 0 Å². The highest BCUT2D eigenvalue weighted by Gasteiger charge is 2.47. The average molecular weight is 560 g/mol. The molecule has 0 bridgehead atoms. The quantitative estimate of drug-likeness (QED) is 0.174. The van der Waals surface area contributed by atoms with Crippen molar-refractivity contribution in [3.8, 4) is 11.1 Å². The lowest BCUT2D eigenvalue weighted by molar-refractivity contribution is 0.223. The Labute approximate surface area is 239 Å². The van der Waals surface area contributed by atoms with Gasteiger partial charge in [0.15, 0.2) is 0 Å². The van der Waals surface area contributed by atoms with Crippen LogP contribution in [0.4, 0.5) is 0 Å². The first-order valence-corrected chi connectivity index (χ1v) is 18.9. The van der Waals surface area contributed by atoms with Crippen LogP contribution in [0.3, 0.4) is 0 Å². The fourth-order valence-electron chi connectivity index (χ4n) is 6.30. The fourth-order valence-corrected chi connectivity index (χ4v) is 16.0. The molecule has 0 N–H and O–H groups in total. The van der Waals surface area contributed by atoms with Crippen molar-refractivity contribution in [3.63, 3.8) is 0 Å². The SMILES string of the molecule is CC(C)[Si](C#C[Si](C(C)C)(C(C)C)C(C)C)(O[C@H](c1ccccc1)c1cn(Cc2ccccc2)nn1)C(C)C. The van der Waals surface area contributed by atoms with Crippen LogP contribution in [-0.2, 0) is 11.0 Å². The van der Waals surface area contributed by atoms with E-state index in [0.717, 1.165) is 11.3 Å². The summed E-state index contributed by atoms with van der Waals surface area (Å²) in [4.78, 5) is 0. The molecule has 4 nitrogen and oxygen atoms in total. The zero-order valence-corrected chi connectivity index (χ0v) is 27.8. The molecule has 0 fully saturated rings. The first kappa shape index (κ1) is 31.1. The van der Waals surface area contributed by atoms with Crippen LogP contribution in [0.1, 0.15) is 92.2 Å². The summed E-state index contributed by atoms with van der Waals surface area (Å²) >= 11 is 0. The van der Waals surface area contributed by atoms with Gasteiger partial charge in [-0.3, -0.25) is 0 Å². The van der Waals surface area contributed by atoms with E-state index in [1.165, 1.54) is 5.56 Å². The van der Waals surface area contributed by atoms with Crippen molar-refractivity contribution in [2.24, 2.45) is 0 Å². The number of hydrogen-bond acceptors (Lipinski definition) is 3. The van der Waals surface area contributed by atoms with Gasteiger partial charge in [0.1, 0.15) is 19.9 Å². The summed E-state index contributed by atoms with van der Waals surface area (Å²) in [6, 6.07) is 20.9. The van der Waals surface area contributed by atoms with Crippen LogP contribution in [-0.4, -0.2) is 31.4 Å². The summed E-state index contributed by atoms with van der Waals surface area (Å²) in [5, 5.41) is 9.16. The van der Waals surface area contributed by atoms with Gasteiger partial charge in [0.05, 0.1) is 12.7 Å². The van der Waals surface area contributed by atoms with E-state index in [0.29, 0.717) is 34.3 Å². The van der Waals surface area contributed by atoms with Crippen molar-refractivity contribution in [3.05, 3.63) is 83.7 Å². The number of rotatable bonds is 11. The summed E-state index contributed by atoms with van der Waals surface area (Å²) in [6.07, 6.45) is 1.74. The molecule has 0 unspecified atom stereocenters. The summed E-state index contributed by atoms with van der Waals surface area (Å²) in [5.74, 6) is 0. The molecule has 0 aliphatic carbocycles. The monoisotopic (exact) mass is 559 g/mol. The highest BCUT2D eigenvalue weighted by molar-refractivity contribution is 6.93. The molecule has 1 heterocycles. The van der Waals surface area contributed by atoms with Crippen LogP contribution < -0.4 is 0 Å². The average Bonchev–Trinajstić information content (AvgIpc) is 3.34. The van der Waals surface area contributed by atoms with E-state index in [1.807, 2.05) is 16.9 Å². The normalized spacial score (nSPS) is 13.4. The van der Waals surface area contributed by atoms with Crippen LogP contribution in [0.25, 0.3) is 0 Å². The molecule has 0 aliphatic heterocycles. The van der Waals surface area contributed by atoms with Crippen LogP contribution in [0.5, 0.6) is 0 Å². The number of hydrogen-bond donors (Lipinski definition) is 0. The van der Waals surface area contributed by atoms with Gasteiger partial charge in [0, 0.05) is 0 Å². The van der Waals surface area contributed by atoms with E-state index >= 15 is 0 Å². The van der Waals surface area contributed by atoms with Gasteiger partial charge in [-0.15, -0.1) is 16.2 Å². The molecular weight excluding hydrogens is 511 g/mol. The highest BCUT2D eigenvalue weighted by atomic mass is 28.4. The minimum absolute atomic E-state index is 0.310. The van der Waals surface area contributed by atoms with Crippen LogP contribution >= 0.6 is 0 Å². The molecule has 1 aromatic heterocycles. The standard InChI is InChI=1S/C33H49N3OSi2/c1-25(2)38(26(3)4,27(5)6)21-22-39(28(7)8,29(9)10)37-33(31-19-15-12-16-20-31)32-24-36(35-34-32)23-30-17-13-11-14-18-30/h11-20,24-29,33H,23H2,1-10H3/t33-/m1/s1. The topological polar surface area (TPSA) is 39.9 Å². The largest absolute Gasteiger partial charge is 0.392 e. The molecule has 1 atom stereocenters. The molecule has 210 valence electrons. The lowest BCUT2D eigenvalue weighted by Gasteiger charge is -2.40. The van der Waals surface area contributed by atoms with E-state index in [4.69, 9.17) is 4.43 Å². The molecular formula is C33H49N3OSi2. The summed E-state index contributed by atoms with van der Waals surface area (Å²) in [5.41, 5.74) is 13.6. The third kappa shape index (κ3) is 6.82. The zero-order chi connectivity index (χ0) is 28.8. The summed E-state index contributed by atoms with van der Waals surface area (Å²) in [6.45, 7) is 24.2. The Morgan fingerprint density at radius 3 is 1.69 bits per heavy atom. The highest BCUT2D eigenvalue weighted by Crippen LogP contribution is 2.43. The summed E-state index contributed by atoms with van der Waals surface area (Å²) < 4.78 is 9.32. The number of benzene rings is 2. The predicted molar refractivity (Wildman–Crippen MR) is 170 cm³/mol. The van der Waals surface area contributed by atoms with Crippen LogP contribution in [0, 0.1) is 11.1 Å². The van der Waals surface area contributed by atoms with Crippen molar-refractivity contribution in [2.45, 2.75) is 110 Å². The Bertz CT molecular complexity index is 1190. The van der Waals surface area contributed by atoms with Gasteiger partial charge in [0.2, 0.25) is 0 Å². The lowest BCUT2D eigenvalue weighted by atomic mass is 10.1. The molecule has 0 amide bonds. The maximum Gasteiger partial charge on any atom is 0.277 e. The van der Waals surface area contributed by atoms with Gasteiger partial charge in [-0.25, -0.2) is 4.68 Å².